The van der Waals surface area contributed by atoms with Crippen LogP contribution in [-0.4, -0.2) is 33.1 Å². The fourth-order valence-electron chi connectivity index (χ4n) is 3.58. The van der Waals surface area contributed by atoms with Gasteiger partial charge in [-0.1, -0.05) is 36.9 Å². The largest absolute Gasteiger partial charge is 0.497 e. The van der Waals surface area contributed by atoms with Gasteiger partial charge in [-0.15, -0.1) is 10.2 Å². The molecule has 0 bridgehead atoms. The van der Waals surface area contributed by atoms with Gasteiger partial charge in [-0.25, -0.2) is 4.68 Å². The predicted octanol–water partition coefficient (Wildman–Crippen LogP) is 4.25. The Bertz CT molecular complexity index is 1080. The molecule has 1 aromatic heterocycles. The molecule has 1 amide bonds. The number of carbonyl (C=O) groups is 1. The highest BCUT2D eigenvalue weighted by Gasteiger charge is 2.37. The zero-order chi connectivity index (χ0) is 22.0. The lowest BCUT2D eigenvalue weighted by Gasteiger charge is -2.33. The first-order valence-corrected chi connectivity index (χ1v) is 11.3. The average molecular weight is 438 g/mol. The molecule has 4 rings (SSSR count). The van der Waals surface area contributed by atoms with Gasteiger partial charge in [0.15, 0.2) is 5.82 Å². The molecule has 0 unspecified atom stereocenters. The van der Waals surface area contributed by atoms with E-state index in [-0.39, 0.29) is 11.9 Å². The number of ether oxygens (including phenoxy) is 1. The zero-order valence-corrected chi connectivity index (χ0v) is 19.0. The van der Waals surface area contributed by atoms with Crippen LogP contribution in [0.4, 0.5) is 5.69 Å². The standard InChI is InChI=1S/C23H27N5O2S/c1-5-6-19-25-26-23-28(19)27-20(16-8-11-18(30-4)12-9-16)21(31-23)22(29)24-17-10-7-14(2)15(3)13-17/h7-13,20-21,27H,5-6H2,1-4H3,(H,24,29)/t20-,21+/m0/s1. The number of thioether (sulfide) groups is 1. The maximum Gasteiger partial charge on any atom is 0.240 e. The molecule has 2 N–H and O–H groups in total. The van der Waals surface area contributed by atoms with Crippen LogP contribution in [-0.2, 0) is 11.2 Å². The van der Waals surface area contributed by atoms with Crippen molar-refractivity contribution < 1.29 is 9.53 Å². The number of benzene rings is 2. The number of methoxy groups -OCH3 is 1. The summed E-state index contributed by atoms with van der Waals surface area (Å²) < 4.78 is 7.21. The second-order valence-corrected chi connectivity index (χ2v) is 8.80. The highest BCUT2D eigenvalue weighted by atomic mass is 32.2. The van der Waals surface area contributed by atoms with E-state index >= 15 is 0 Å². The first kappa shape index (κ1) is 21.2. The molecule has 1 aliphatic heterocycles. The minimum Gasteiger partial charge on any atom is -0.497 e. The number of amides is 1. The number of hydrogen-bond acceptors (Lipinski definition) is 6. The van der Waals surface area contributed by atoms with Gasteiger partial charge in [0.1, 0.15) is 11.0 Å². The zero-order valence-electron chi connectivity index (χ0n) is 18.2. The van der Waals surface area contributed by atoms with Crippen molar-refractivity contribution >= 4 is 23.4 Å². The Morgan fingerprint density at radius 2 is 1.94 bits per heavy atom. The average Bonchev–Trinajstić information content (AvgIpc) is 3.17. The molecular formula is C23H27N5O2S. The van der Waals surface area contributed by atoms with Gasteiger partial charge < -0.3 is 15.5 Å². The van der Waals surface area contributed by atoms with Gasteiger partial charge in [-0.2, -0.15) is 0 Å². The van der Waals surface area contributed by atoms with Crippen molar-refractivity contribution in [2.24, 2.45) is 0 Å². The lowest BCUT2D eigenvalue weighted by Crippen LogP contribution is -2.41. The molecule has 0 radical (unpaired) electrons. The van der Waals surface area contributed by atoms with Gasteiger partial charge in [0.25, 0.3) is 0 Å². The summed E-state index contributed by atoms with van der Waals surface area (Å²) in [4.78, 5) is 13.4. The molecule has 7 nitrogen and oxygen atoms in total. The highest BCUT2D eigenvalue weighted by molar-refractivity contribution is 8.00. The van der Waals surface area contributed by atoms with Crippen LogP contribution in [0.5, 0.6) is 5.75 Å². The maximum atomic E-state index is 13.4. The molecule has 1 aliphatic rings. The molecule has 0 saturated heterocycles. The number of hydrogen-bond donors (Lipinski definition) is 2. The van der Waals surface area contributed by atoms with E-state index in [1.807, 2.05) is 54.1 Å². The van der Waals surface area contributed by atoms with Crippen LogP contribution in [0.3, 0.4) is 0 Å². The van der Waals surface area contributed by atoms with E-state index in [0.717, 1.165) is 41.2 Å². The summed E-state index contributed by atoms with van der Waals surface area (Å²) in [5.74, 6) is 1.57. The summed E-state index contributed by atoms with van der Waals surface area (Å²) in [5.41, 5.74) is 7.61. The van der Waals surface area contributed by atoms with E-state index in [2.05, 4.69) is 34.8 Å². The molecule has 8 heteroatoms. The van der Waals surface area contributed by atoms with E-state index < -0.39 is 5.25 Å². The third kappa shape index (κ3) is 4.39. The first-order chi connectivity index (χ1) is 15.0. The Morgan fingerprint density at radius 3 is 2.61 bits per heavy atom. The molecule has 0 aliphatic carbocycles. The molecule has 2 atom stereocenters. The smallest absolute Gasteiger partial charge is 0.240 e. The lowest BCUT2D eigenvalue weighted by atomic mass is 10.0. The second-order valence-electron chi connectivity index (χ2n) is 7.69. The third-order valence-electron chi connectivity index (χ3n) is 5.49. The maximum absolute atomic E-state index is 13.4. The molecule has 3 aromatic rings. The summed E-state index contributed by atoms with van der Waals surface area (Å²) in [6, 6.07) is 13.5. The molecule has 0 spiro atoms. The Hall–Kier alpha value is -3.00. The number of rotatable bonds is 6. The van der Waals surface area contributed by atoms with E-state index in [9.17, 15) is 4.79 Å². The number of anilines is 1. The van der Waals surface area contributed by atoms with Gasteiger partial charge in [0.2, 0.25) is 11.1 Å². The van der Waals surface area contributed by atoms with Crippen LogP contribution < -0.4 is 15.5 Å². The van der Waals surface area contributed by atoms with E-state index in [0.29, 0.717) is 5.16 Å². The lowest BCUT2D eigenvalue weighted by molar-refractivity contribution is -0.116. The predicted molar refractivity (Wildman–Crippen MR) is 123 cm³/mol. The Balaban J connectivity index is 1.65. The SMILES string of the molecule is CCCc1nnc2n1N[C@@H](c1ccc(OC)cc1)[C@H](C(=O)Nc1ccc(C)c(C)c1)S2. The van der Waals surface area contributed by atoms with Gasteiger partial charge in [-0.3, -0.25) is 4.79 Å². The number of aromatic nitrogens is 3. The van der Waals surface area contributed by atoms with Crippen molar-refractivity contribution in [2.75, 3.05) is 17.9 Å². The summed E-state index contributed by atoms with van der Waals surface area (Å²) in [5, 5.41) is 12.0. The van der Waals surface area contributed by atoms with Crippen molar-refractivity contribution in [1.82, 2.24) is 14.9 Å². The number of nitrogens with zero attached hydrogens (tertiary/aromatic N) is 3. The van der Waals surface area contributed by atoms with Crippen molar-refractivity contribution in [3.63, 3.8) is 0 Å². The molecule has 2 aromatic carbocycles. The van der Waals surface area contributed by atoms with E-state index in [1.54, 1.807) is 7.11 Å². The van der Waals surface area contributed by atoms with Gasteiger partial charge in [0, 0.05) is 12.1 Å². The van der Waals surface area contributed by atoms with E-state index in [4.69, 9.17) is 4.74 Å². The Labute approximate surface area is 186 Å². The fourth-order valence-corrected chi connectivity index (χ4v) is 4.68. The van der Waals surface area contributed by atoms with Gasteiger partial charge >= 0.3 is 0 Å². The molecular weight excluding hydrogens is 410 g/mol. The number of fused-ring (bicyclic) bond motifs is 1. The van der Waals surface area contributed by atoms with Crippen LogP contribution in [0.1, 0.15) is 41.9 Å². The van der Waals surface area contributed by atoms with Gasteiger partial charge in [-0.05, 0) is 61.2 Å². The minimum absolute atomic E-state index is 0.0761. The van der Waals surface area contributed by atoms with Crippen molar-refractivity contribution in [3.05, 3.63) is 65.0 Å². The van der Waals surface area contributed by atoms with Crippen molar-refractivity contribution in [1.29, 1.82) is 0 Å². The summed E-state index contributed by atoms with van der Waals surface area (Å²) in [6.45, 7) is 6.21. The second kappa shape index (κ2) is 9.01. The summed E-state index contributed by atoms with van der Waals surface area (Å²) in [6.07, 6.45) is 1.78. The normalized spacial score (nSPS) is 17.5. The third-order valence-corrected chi connectivity index (χ3v) is 6.70. The molecule has 0 saturated carbocycles. The van der Waals surface area contributed by atoms with Crippen LogP contribution in [0.2, 0.25) is 0 Å². The van der Waals surface area contributed by atoms with Crippen molar-refractivity contribution in [3.8, 4) is 5.75 Å². The molecule has 0 fully saturated rings. The summed E-state index contributed by atoms with van der Waals surface area (Å²) >= 11 is 1.43. The van der Waals surface area contributed by atoms with Crippen molar-refractivity contribution in [2.45, 2.75) is 50.1 Å². The monoisotopic (exact) mass is 437 g/mol. The topological polar surface area (TPSA) is 81.1 Å². The first-order valence-electron chi connectivity index (χ1n) is 10.4. The molecule has 2 heterocycles. The van der Waals surface area contributed by atoms with Crippen LogP contribution in [0.25, 0.3) is 0 Å². The summed E-state index contributed by atoms with van der Waals surface area (Å²) in [7, 11) is 1.64. The number of aryl methyl sites for hydroxylation is 3. The number of nitrogens with one attached hydrogen (secondary N) is 2. The number of carbonyl (C=O) groups excluding carboxylic acids is 1. The van der Waals surface area contributed by atoms with Crippen LogP contribution >= 0.6 is 11.8 Å². The molecule has 31 heavy (non-hydrogen) atoms. The molecule has 162 valence electrons. The van der Waals surface area contributed by atoms with Gasteiger partial charge in [0.05, 0.1) is 13.2 Å². The van der Waals surface area contributed by atoms with E-state index in [1.165, 1.54) is 17.3 Å². The highest BCUT2D eigenvalue weighted by Crippen LogP contribution is 2.38. The van der Waals surface area contributed by atoms with Crippen LogP contribution in [0, 0.1) is 13.8 Å². The minimum atomic E-state index is -0.416. The quantitative estimate of drug-likeness (QED) is 0.600. The Morgan fingerprint density at radius 1 is 1.16 bits per heavy atom. The van der Waals surface area contributed by atoms with Crippen LogP contribution in [0.15, 0.2) is 47.6 Å². The fraction of sp³-hybridized carbons (Fsp3) is 0.348. The Kier molecular flexibility index (Phi) is 6.18.